The molecular weight excluding hydrogens is 266 g/mol. The molecular formula is C12H13F4NO2. The van der Waals surface area contributed by atoms with Gasteiger partial charge in [0.25, 0.3) is 0 Å². The first-order chi connectivity index (χ1) is 8.68. The zero-order valence-corrected chi connectivity index (χ0v) is 10.3. The third kappa shape index (κ3) is 3.36. The highest BCUT2D eigenvalue weighted by Crippen LogP contribution is 2.32. The molecule has 0 heterocycles. The van der Waals surface area contributed by atoms with Gasteiger partial charge in [-0.2, -0.15) is 13.2 Å². The van der Waals surface area contributed by atoms with Gasteiger partial charge in [0.15, 0.2) is 0 Å². The number of carboxylic acids is 1. The van der Waals surface area contributed by atoms with Crippen molar-refractivity contribution in [1.29, 1.82) is 0 Å². The smallest absolute Gasteiger partial charge is 0.416 e. The summed E-state index contributed by atoms with van der Waals surface area (Å²) in [6.45, 7) is 1.59. The number of rotatable bonds is 4. The SMILES string of the molecule is CCC(C(=O)O)N(C)c1ccc(C(F)(F)F)cc1F. The molecule has 0 spiro atoms. The summed E-state index contributed by atoms with van der Waals surface area (Å²) in [5, 5.41) is 8.94. The lowest BCUT2D eigenvalue weighted by Crippen LogP contribution is -2.38. The Morgan fingerprint density at radius 1 is 1.42 bits per heavy atom. The van der Waals surface area contributed by atoms with Gasteiger partial charge < -0.3 is 10.0 Å². The topological polar surface area (TPSA) is 40.5 Å². The number of halogens is 4. The molecule has 19 heavy (non-hydrogen) atoms. The van der Waals surface area contributed by atoms with Crippen LogP contribution in [0.25, 0.3) is 0 Å². The average molecular weight is 279 g/mol. The van der Waals surface area contributed by atoms with Gasteiger partial charge in [-0.05, 0) is 24.6 Å². The Bertz CT molecular complexity index is 473. The highest BCUT2D eigenvalue weighted by Gasteiger charge is 2.32. The molecule has 0 bridgehead atoms. The summed E-state index contributed by atoms with van der Waals surface area (Å²) in [5.41, 5.74) is -1.28. The summed E-state index contributed by atoms with van der Waals surface area (Å²) in [5.74, 6) is -2.26. The number of benzene rings is 1. The summed E-state index contributed by atoms with van der Waals surface area (Å²) in [4.78, 5) is 12.0. The van der Waals surface area contributed by atoms with Crippen LogP contribution in [0.2, 0.25) is 0 Å². The molecule has 0 amide bonds. The number of anilines is 1. The third-order valence-electron chi connectivity index (χ3n) is 2.79. The number of aliphatic carboxylic acids is 1. The van der Waals surface area contributed by atoms with Gasteiger partial charge in [-0.25, -0.2) is 9.18 Å². The van der Waals surface area contributed by atoms with E-state index in [1.54, 1.807) is 6.92 Å². The van der Waals surface area contributed by atoms with Crippen LogP contribution in [-0.2, 0) is 11.0 Å². The van der Waals surface area contributed by atoms with Crippen LogP contribution in [0.5, 0.6) is 0 Å². The van der Waals surface area contributed by atoms with Gasteiger partial charge in [-0.15, -0.1) is 0 Å². The van der Waals surface area contributed by atoms with Crippen molar-refractivity contribution < 1.29 is 27.5 Å². The molecule has 1 N–H and O–H groups in total. The Kier molecular flexibility index (Phi) is 4.39. The summed E-state index contributed by atoms with van der Waals surface area (Å²) >= 11 is 0. The maximum atomic E-state index is 13.7. The molecule has 1 aromatic rings. The van der Waals surface area contributed by atoms with E-state index in [4.69, 9.17) is 5.11 Å². The van der Waals surface area contributed by atoms with E-state index in [9.17, 15) is 22.4 Å². The first-order valence-electron chi connectivity index (χ1n) is 5.50. The van der Waals surface area contributed by atoms with Crippen LogP contribution in [0.1, 0.15) is 18.9 Å². The van der Waals surface area contributed by atoms with Crippen molar-refractivity contribution >= 4 is 11.7 Å². The van der Waals surface area contributed by atoms with E-state index in [1.165, 1.54) is 7.05 Å². The van der Waals surface area contributed by atoms with E-state index in [1.807, 2.05) is 0 Å². The van der Waals surface area contributed by atoms with Gasteiger partial charge in [0, 0.05) is 7.05 Å². The minimum atomic E-state index is -4.63. The second kappa shape index (κ2) is 5.46. The first kappa shape index (κ1) is 15.3. The zero-order valence-electron chi connectivity index (χ0n) is 10.3. The van der Waals surface area contributed by atoms with Crippen molar-refractivity contribution in [2.75, 3.05) is 11.9 Å². The fourth-order valence-electron chi connectivity index (χ4n) is 1.75. The van der Waals surface area contributed by atoms with Crippen molar-refractivity contribution in [1.82, 2.24) is 0 Å². The highest BCUT2D eigenvalue weighted by atomic mass is 19.4. The van der Waals surface area contributed by atoms with Crippen LogP contribution in [0.15, 0.2) is 18.2 Å². The Hall–Kier alpha value is -1.79. The largest absolute Gasteiger partial charge is 0.480 e. The number of carboxylic acid groups (broad SMARTS) is 1. The average Bonchev–Trinajstić information content (AvgIpc) is 2.27. The quantitative estimate of drug-likeness (QED) is 0.861. The Morgan fingerprint density at radius 2 is 2.00 bits per heavy atom. The van der Waals surface area contributed by atoms with Crippen molar-refractivity contribution in [2.45, 2.75) is 25.6 Å². The van der Waals surface area contributed by atoms with Crippen LogP contribution < -0.4 is 4.90 Å². The van der Waals surface area contributed by atoms with E-state index < -0.39 is 29.6 Å². The molecule has 1 atom stereocenters. The molecule has 1 unspecified atom stereocenters. The first-order valence-corrected chi connectivity index (χ1v) is 5.50. The maximum absolute atomic E-state index is 13.7. The molecule has 1 aromatic carbocycles. The Labute approximate surface area is 107 Å². The van der Waals surface area contributed by atoms with Crippen LogP contribution in [-0.4, -0.2) is 24.2 Å². The molecule has 0 saturated heterocycles. The molecule has 0 fully saturated rings. The molecule has 0 aliphatic carbocycles. The monoisotopic (exact) mass is 279 g/mol. The van der Waals surface area contributed by atoms with Crippen LogP contribution in [0.4, 0.5) is 23.2 Å². The predicted molar refractivity (Wildman–Crippen MR) is 61.5 cm³/mol. The molecule has 0 aliphatic heterocycles. The number of likely N-dealkylation sites (N-methyl/N-ethyl adjacent to an activating group) is 1. The van der Waals surface area contributed by atoms with Gasteiger partial charge in [0.05, 0.1) is 11.3 Å². The molecule has 0 saturated carbocycles. The standard InChI is InChI=1S/C12H13F4NO2/c1-3-9(11(18)19)17(2)10-5-4-7(6-8(10)13)12(14,15)16/h4-6,9H,3H2,1-2H3,(H,18,19). The molecule has 7 heteroatoms. The molecule has 3 nitrogen and oxygen atoms in total. The minimum Gasteiger partial charge on any atom is -0.480 e. The third-order valence-corrected chi connectivity index (χ3v) is 2.79. The van der Waals surface area contributed by atoms with E-state index in [0.29, 0.717) is 6.07 Å². The lowest BCUT2D eigenvalue weighted by molar-refractivity contribution is -0.139. The summed E-state index contributed by atoms with van der Waals surface area (Å²) < 4.78 is 50.8. The van der Waals surface area contributed by atoms with E-state index >= 15 is 0 Å². The van der Waals surface area contributed by atoms with Gasteiger partial charge in [0.1, 0.15) is 11.9 Å². The van der Waals surface area contributed by atoms with E-state index in [-0.39, 0.29) is 12.1 Å². The summed E-state index contributed by atoms with van der Waals surface area (Å²) in [6.07, 6.45) is -4.43. The van der Waals surface area contributed by atoms with Crippen LogP contribution >= 0.6 is 0 Å². The lowest BCUT2D eigenvalue weighted by Gasteiger charge is -2.26. The number of hydrogen-bond donors (Lipinski definition) is 1. The minimum absolute atomic E-state index is 0.178. The number of hydrogen-bond acceptors (Lipinski definition) is 2. The van der Waals surface area contributed by atoms with Crippen molar-refractivity contribution in [2.24, 2.45) is 0 Å². The van der Waals surface area contributed by atoms with Gasteiger partial charge in [0.2, 0.25) is 0 Å². The van der Waals surface area contributed by atoms with Crippen molar-refractivity contribution in [3.8, 4) is 0 Å². The number of carbonyl (C=O) groups is 1. The molecule has 1 rings (SSSR count). The van der Waals surface area contributed by atoms with Crippen LogP contribution in [0.3, 0.4) is 0 Å². The normalized spacial score (nSPS) is 13.2. The number of alkyl halides is 3. The van der Waals surface area contributed by atoms with Crippen molar-refractivity contribution in [3.05, 3.63) is 29.6 Å². The van der Waals surface area contributed by atoms with Crippen LogP contribution in [0, 0.1) is 5.82 Å². The lowest BCUT2D eigenvalue weighted by atomic mass is 10.1. The second-order valence-corrected chi connectivity index (χ2v) is 4.04. The second-order valence-electron chi connectivity index (χ2n) is 4.04. The Morgan fingerprint density at radius 3 is 2.37 bits per heavy atom. The molecule has 106 valence electrons. The summed E-state index contributed by atoms with van der Waals surface area (Å²) in [6, 6.07) is 1.03. The summed E-state index contributed by atoms with van der Waals surface area (Å²) in [7, 11) is 1.33. The zero-order chi connectivity index (χ0) is 14.8. The molecule has 0 radical (unpaired) electrons. The van der Waals surface area contributed by atoms with Gasteiger partial charge >= 0.3 is 12.1 Å². The molecule has 0 aliphatic rings. The van der Waals surface area contributed by atoms with Crippen molar-refractivity contribution in [3.63, 3.8) is 0 Å². The van der Waals surface area contributed by atoms with Gasteiger partial charge in [-0.3, -0.25) is 0 Å². The fraction of sp³-hybridized carbons (Fsp3) is 0.417. The van der Waals surface area contributed by atoms with E-state index in [2.05, 4.69) is 0 Å². The predicted octanol–water partition coefficient (Wildman–Crippen LogP) is 3.14. The highest BCUT2D eigenvalue weighted by molar-refractivity contribution is 5.78. The maximum Gasteiger partial charge on any atom is 0.416 e. The van der Waals surface area contributed by atoms with E-state index in [0.717, 1.165) is 17.0 Å². The van der Waals surface area contributed by atoms with Gasteiger partial charge in [-0.1, -0.05) is 6.92 Å². The Balaban J connectivity index is 3.12. The number of nitrogens with zero attached hydrogens (tertiary/aromatic N) is 1. The molecule has 0 aromatic heterocycles. The fourth-order valence-corrected chi connectivity index (χ4v) is 1.75.